The van der Waals surface area contributed by atoms with E-state index in [1.807, 2.05) is 0 Å². The number of nitrogens with zero attached hydrogens (tertiary/aromatic N) is 1. The molecule has 0 aliphatic heterocycles. The minimum absolute atomic E-state index is 0.238. The third kappa shape index (κ3) is 6.52. The molecule has 0 saturated carbocycles. The molecule has 0 aromatic heterocycles. The van der Waals surface area contributed by atoms with Gasteiger partial charge in [-0.2, -0.15) is 18.3 Å². The van der Waals surface area contributed by atoms with Gasteiger partial charge in [0, 0.05) is 11.6 Å². The molecule has 0 heterocycles. The van der Waals surface area contributed by atoms with Crippen molar-refractivity contribution in [1.82, 2.24) is 10.7 Å². The predicted octanol–water partition coefficient (Wildman–Crippen LogP) is 2.60. The maximum atomic E-state index is 12.5. The molecule has 0 spiro atoms. The Morgan fingerprint density at radius 2 is 1.62 bits per heavy atom. The second kappa shape index (κ2) is 9.58. The molecule has 2 aromatic rings. The lowest BCUT2D eigenvalue weighted by molar-refractivity contribution is -0.137. The quantitative estimate of drug-likeness (QED) is 0.544. The van der Waals surface area contributed by atoms with Crippen LogP contribution in [-0.4, -0.2) is 38.8 Å². The van der Waals surface area contributed by atoms with Crippen molar-refractivity contribution in [3.8, 4) is 11.5 Å². The Morgan fingerprint density at radius 3 is 2.14 bits per heavy atom. The zero-order valence-electron chi connectivity index (χ0n) is 15.5. The number of nitrogens with one attached hydrogen (secondary N) is 2. The first-order valence-electron chi connectivity index (χ1n) is 8.23. The number of benzene rings is 2. The minimum atomic E-state index is -4.42. The summed E-state index contributed by atoms with van der Waals surface area (Å²) in [6, 6.07) is 8.82. The Labute approximate surface area is 164 Å². The van der Waals surface area contributed by atoms with Crippen LogP contribution in [0.15, 0.2) is 47.6 Å². The van der Waals surface area contributed by atoms with Gasteiger partial charge in [0.1, 0.15) is 11.5 Å². The lowest BCUT2D eigenvalue weighted by Gasteiger charge is -2.09. The van der Waals surface area contributed by atoms with Gasteiger partial charge in [0.2, 0.25) is 0 Å². The highest BCUT2D eigenvalue weighted by Gasteiger charge is 2.29. The van der Waals surface area contributed by atoms with E-state index in [4.69, 9.17) is 9.47 Å². The van der Waals surface area contributed by atoms with Crippen molar-refractivity contribution in [3.05, 3.63) is 59.2 Å². The summed E-state index contributed by atoms with van der Waals surface area (Å²) in [5.41, 5.74) is 1.99. The number of carbonyl (C=O) groups is 2. The van der Waals surface area contributed by atoms with E-state index in [0.717, 1.165) is 12.1 Å². The van der Waals surface area contributed by atoms with Crippen LogP contribution in [0.1, 0.15) is 21.5 Å². The standard InChI is InChI=1S/C19H18F3N3O4/c1-28-15-7-13(8-16(9-15)29-2)18(27)23-11-17(26)25-24-10-12-3-5-14(6-4-12)19(20,21)22/h3-10H,11H2,1-2H3,(H,23,27)(H,25,26)/b24-10+. The van der Waals surface area contributed by atoms with E-state index in [-0.39, 0.29) is 12.1 Å². The lowest BCUT2D eigenvalue weighted by atomic mass is 10.1. The number of hydrogen-bond donors (Lipinski definition) is 2. The van der Waals surface area contributed by atoms with Crippen LogP contribution in [0.2, 0.25) is 0 Å². The first-order valence-corrected chi connectivity index (χ1v) is 8.23. The van der Waals surface area contributed by atoms with Crippen molar-refractivity contribution in [3.63, 3.8) is 0 Å². The molecule has 10 heteroatoms. The first-order chi connectivity index (χ1) is 13.7. The van der Waals surface area contributed by atoms with Gasteiger partial charge in [0.05, 0.1) is 32.5 Å². The smallest absolute Gasteiger partial charge is 0.416 e. The number of rotatable bonds is 7. The molecule has 2 aromatic carbocycles. The molecule has 0 atom stereocenters. The van der Waals surface area contributed by atoms with Crippen molar-refractivity contribution >= 4 is 18.0 Å². The summed E-state index contributed by atoms with van der Waals surface area (Å²) in [4.78, 5) is 23.9. The topological polar surface area (TPSA) is 89.0 Å². The van der Waals surface area contributed by atoms with Gasteiger partial charge in [-0.3, -0.25) is 9.59 Å². The molecule has 0 radical (unpaired) electrons. The number of hydrogen-bond acceptors (Lipinski definition) is 5. The first kappa shape index (κ1) is 21.7. The molecular weight excluding hydrogens is 391 g/mol. The number of carbonyl (C=O) groups excluding carboxylic acids is 2. The Bertz CT molecular complexity index is 874. The molecule has 2 amide bonds. The molecule has 0 aliphatic carbocycles. The fraction of sp³-hybridized carbons (Fsp3) is 0.211. The fourth-order valence-electron chi connectivity index (χ4n) is 2.18. The number of hydrazone groups is 1. The summed E-state index contributed by atoms with van der Waals surface area (Å²) in [5.74, 6) is -0.305. The summed E-state index contributed by atoms with van der Waals surface area (Å²) in [5, 5.41) is 6.05. The maximum Gasteiger partial charge on any atom is 0.416 e. The van der Waals surface area contributed by atoms with Gasteiger partial charge in [-0.1, -0.05) is 12.1 Å². The molecule has 0 aliphatic rings. The Hall–Kier alpha value is -3.56. The number of methoxy groups -OCH3 is 2. The van der Waals surface area contributed by atoms with Gasteiger partial charge in [-0.05, 0) is 29.8 Å². The normalized spacial score (nSPS) is 11.2. The van der Waals surface area contributed by atoms with Crippen molar-refractivity contribution in [2.45, 2.75) is 6.18 Å². The van der Waals surface area contributed by atoms with Crippen molar-refractivity contribution in [2.24, 2.45) is 5.10 Å². The molecule has 29 heavy (non-hydrogen) atoms. The molecule has 2 N–H and O–H groups in total. The van der Waals surface area contributed by atoms with E-state index in [1.165, 1.54) is 44.7 Å². The highest BCUT2D eigenvalue weighted by Crippen LogP contribution is 2.28. The summed E-state index contributed by atoms with van der Waals surface area (Å²) >= 11 is 0. The van der Waals surface area contributed by atoms with E-state index in [0.29, 0.717) is 17.1 Å². The van der Waals surface area contributed by atoms with Gasteiger partial charge in [0.25, 0.3) is 11.8 Å². The number of halogens is 3. The summed E-state index contributed by atoms with van der Waals surface area (Å²) < 4.78 is 47.6. The molecular formula is C19H18F3N3O4. The predicted molar refractivity (Wildman–Crippen MR) is 99.1 cm³/mol. The van der Waals surface area contributed by atoms with Crippen LogP contribution < -0.4 is 20.2 Å². The van der Waals surface area contributed by atoms with Gasteiger partial charge >= 0.3 is 6.18 Å². The minimum Gasteiger partial charge on any atom is -0.497 e. The molecule has 154 valence electrons. The average molecular weight is 409 g/mol. The largest absolute Gasteiger partial charge is 0.497 e. The molecule has 0 saturated heterocycles. The lowest BCUT2D eigenvalue weighted by Crippen LogP contribution is -2.34. The summed E-state index contributed by atoms with van der Waals surface area (Å²) in [7, 11) is 2.89. The van der Waals surface area contributed by atoms with E-state index in [2.05, 4.69) is 15.8 Å². The Morgan fingerprint density at radius 1 is 1.03 bits per heavy atom. The van der Waals surface area contributed by atoms with Crippen LogP contribution >= 0.6 is 0 Å². The highest BCUT2D eigenvalue weighted by molar-refractivity contribution is 5.97. The van der Waals surface area contributed by atoms with Crippen LogP contribution in [0.5, 0.6) is 11.5 Å². The van der Waals surface area contributed by atoms with E-state index in [1.54, 1.807) is 6.07 Å². The highest BCUT2D eigenvalue weighted by atomic mass is 19.4. The van der Waals surface area contributed by atoms with Gasteiger partial charge in [-0.25, -0.2) is 5.43 Å². The van der Waals surface area contributed by atoms with Gasteiger partial charge in [0.15, 0.2) is 0 Å². The second-order valence-electron chi connectivity index (χ2n) is 5.70. The van der Waals surface area contributed by atoms with E-state index in [9.17, 15) is 22.8 Å². The van der Waals surface area contributed by atoms with Gasteiger partial charge in [-0.15, -0.1) is 0 Å². The van der Waals surface area contributed by atoms with Crippen LogP contribution in [0, 0.1) is 0 Å². The van der Waals surface area contributed by atoms with Crippen LogP contribution in [-0.2, 0) is 11.0 Å². The van der Waals surface area contributed by atoms with Crippen LogP contribution in [0.25, 0.3) is 0 Å². The van der Waals surface area contributed by atoms with E-state index >= 15 is 0 Å². The number of alkyl halides is 3. The summed E-state index contributed by atoms with van der Waals surface area (Å²) in [6.45, 7) is -0.358. The van der Waals surface area contributed by atoms with Gasteiger partial charge < -0.3 is 14.8 Å². The summed E-state index contributed by atoms with van der Waals surface area (Å²) in [6.07, 6.45) is -3.23. The maximum absolute atomic E-state index is 12.5. The Kier molecular flexibility index (Phi) is 7.18. The Balaban J connectivity index is 1.87. The molecule has 0 fully saturated rings. The third-order valence-corrected chi connectivity index (χ3v) is 3.66. The molecule has 7 nitrogen and oxygen atoms in total. The zero-order chi connectivity index (χ0) is 21.4. The van der Waals surface area contributed by atoms with E-state index < -0.39 is 23.6 Å². The van der Waals surface area contributed by atoms with Crippen molar-refractivity contribution < 1.29 is 32.2 Å². The number of ether oxygens (including phenoxy) is 2. The SMILES string of the molecule is COc1cc(OC)cc(C(=O)NCC(=O)N/N=C/c2ccc(C(F)(F)F)cc2)c1. The van der Waals surface area contributed by atoms with Crippen molar-refractivity contribution in [1.29, 1.82) is 0 Å². The fourth-order valence-corrected chi connectivity index (χ4v) is 2.18. The van der Waals surface area contributed by atoms with Crippen LogP contribution in [0.4, 0.5) is 13.2 Å². The second-order valence-corrected chi connectivity index (χ2v) is 5.70. The van der Waals surface area contributed by atoms with Crippen LogP contribution in [0.3, 0.4) is 0 Å². The third-order valence-electron chi connectivity index (χ3n) is 3.66. The zero-order valence-corrected chi connectivity index (χ0v) is 15.5. The monoisotopic (exact) mass is 409 g/mol. The van der Waals surface area contributed by atoms with Crippen molar-refractivity contribution in [2.75, 3.05) is 20.8 Å². The number of amides is 2. The molecule has 0 bridgehead atoms. The molecule has 2 rings (SSSR count). The average Bonchev–Trinajstić information content (AvgIpc) is 2.71. The molecule has 0 unspecified atom stereocenters.